The van der Waals surface area contributed by atoms with Gasteiger partial charge in [-0.15, -0.1) is 0 Å². The van der Waals surface area contributed by atoms with E-state index in [1.54, 1.807) is 0 Å². The van der Waals surface area contributed by atoms with Gasteiger partial charge in [0.15, 0.2) is 11.5 Å². The SMILES string of the molecule is CC(C)c1n[nH]c(C2CN(C(=O)c3n[nH]c4ccccc34)CC23CCCC3)n1. The van der Waals surface area contributed by atoms with Gasteiger partial charge < -0.3 is 4.90 Å². The van der Waals surface area contributed by atoms with Gasteiger partial charge in [-0.1, -0.05) is 44.9 Å². The van der Waals surface area contributed by atoms with Crippen LogP contribution in [0.4, 0.5) is 0 Å². The Kier molecular flexibility index (Phi) is 4.00. The fraction of sp³-hybridized carbons (Fsp3) is 0.524. The Morgan fingerprint density at radius 3 is 2.71 bits per heavy atom. The number of hydrogen-bond acceptors (Lipinski definition) is 4. The fourth-order valence-corrected chi connectivity index (χ4v) is 5.06. The zero-order valence-electron chi connectivity index (χ0n) is 16.4. The molecule has 5 rings (SSSR count). The van der Waals surface area contributed by atoms with Crippen LogP contribution in [0.1, 0.15) is 73.5 Å². The number of likely N-dealkylation sites (tertiary alicyclic amines) is 1. The molecule has 1 spiro atoms. The van der Waals surface area contributed by atoms with Crippen LogP contribution >= 0.6 is 0 Å². The molecule has 146 valence electrons. The topological polar surface area (TPSA) is 90.6 Å². The third-order valence-electron chi connectivity index (χ3n) is 6.57. The number of rotatable bonds is 3. The Bertz CT molecular complexity index is 1010. The molecule has 1 atom stereocenters. The largest absolute Gasteiger partial charge is 0.336 e. The molecule has 3 heterocycles. The average Bonchev–Trinajstić information content (AvgIpc) is 3.48. The lowest BCUT2D eigenvalue weighted by Gasteiger charge is -2.28. The Morgan fingerprint density at radius 1 is 1.18 bits per heavy atom. The molecule has 2 aliphatic rings. The summed E-state index contributed by atoms with van der Waals surface area (Å²) in [5.41, 5.74) is 1.52. The highest BCUT2D eigenvalue weighted by Gasteiger charge is 2.51. The maximum absolute atomic E-state index is 13.3. The van der Waals surface area contributed by atoms with Crippen molar-refractivity contribution in [3.63, 3.8) is 0 Å². The number of H-pyrrole nitrogens is 2. The van der Waals surface area contributed by atoms with E-state index in [1.165, 1.54) is 12.8 Å². The molecule has 2 fully saturated rings. The summed E-state index contributed by atoms with van der Waals surface area (Å²) in [5, 5.41) is 15.8. The molecule has 1 unspecified atom stereocenters. The quantitative estimate of drug-likeness (QED) is 0.728. The maximum Gasteiger partial charge on any atom is 0.275 e. The van der Waals surface area contributed by atoms with Gasteiger partial charge in [-0.25, -0.2) is 4.98 Å². The predicted octanol–water partition coefficient (Wildman–Crippen LogP) is 3.60. The number of amides is 1. The van der Waals surface area contributed by atoms with Crippen molar-refractivity contribution in [1.29, 1.82) is 0 Å². The van der Waals surface area contributed by atoms with Gasteiger partial charge in [0.1, 0.15) is 5.82 Å². The van der Waals surface area contributed by atoms with E-state index < -0.39 is 0 Å². The number of aromatic amines is 2. The lowest BCUT2D eigenvalue weighted by Crippen LogP contribution is -2.31. The standard InChI is InChI=1S/C21H26N6O/c1-13(2)18-22-19(26-25-18)15-11-27(12-21(15)9-5-6-10-21)20(28)17-14-7-3-4-8-16(14)23-24-17/h3-4,7-8,13,15H,5-6,9-12H2,1-2H3,(H,23,24)(H,22,25,26). The van der Waals surface area contributed by atoms with Gasteiger partial charge >= 0.3 is 0 Å². The Labute approximate surface area is 163 Å². The minimum Gasteiger partial charge on any atom is -0.336 e. The van der Waals surface area contributed by atoms with Crippen LogP contribution in [0.2, 0.25) is 0 Å². The highest BCUT2D eigenvalue weighted by molar-refractivity contribution is 6.04. The number of hydrogen-bond donors (Lipinski definition) is 2. The summed E-state index contributed by atoms with van der Waals surface area (Å²) in [5.74, 6) is 2.30. The highest BCUT2D eigenvalue weighted by atomic mass is 16.2. The number of benzene rings is 1. The lowest BCUT2D eigenvalue weighted by atomic mass is 9.76. The molecule has 1 aliphatic carbocycles. The molecule has 0 bridgehead atoms. The molecule has 7 heteroatoms. The van der Waals surface area contributed by atoms with Gasteiger partial charge in [-0.3, -0.25) is 15.0 Å². The summed E-state index contributed by atoms with van der Waals surface area (Å²) in [6, 6.07) is 7.80. The van der Waals surface area contributed by atoms with Gasteiger partial charge in [-0.2, -0.15) is 10.2 Å². The Morgan fingerprint density at radius 2 is 1.96 bits per heavy atom. The van der Waals surface area contributed by atoms with Crippen LogP contribution in [0.3, 0.4) is 0 Å². The summed E-state index contributed by atoms with van der Waals surface area (Å²) in [4.78, 5) is 20.1. The van der Waals surface area contributed by atoms with Crippen LogP contribution in [0.5, 0.6) is 0 Å². The number of carbonyl (C=O) groups is 1. The first-order valence-corrected chi connectivity index (χ1v) is 10.2. The molecular weight excluding hydrogens is 352 g/mol. The van der Waals surface area contributed by atoms with Crippen LogP contribution < -0.4 is 0 Å². The van der Waals surface area contributed by atoms with Crippen LogP contribution in [0.15, 0.2) is 24.3 Å². The molecule has 2 aromatic heterocycles. The van der Waals surface area contributed by atoms with Crippen molar-refractivity contribution < 1.29 is 4.79 Å². The Hall–Kier alpha value is -2.70. The van der Waals surface area contributed by atoms with E-state index in [1.807, 2.05) is 29.2 Å². The second-order valence-electron chi connectivity index (χ2n) is 8.66. The summed E-state index contributed by atoms with van der Waals surface area (Å²) in [6.45, 7) is 5.65. The summed E-state index contributed by atoms with van der Waals surface area (Å²) < 4.78 is 0. The van der Waals surface area contributed by atoms with E-state index in [2.05, 4.69) is 34.2 Å². The molecule has 1 saturated heterocycles. The van der Waals surface area contributed by atoms with Crippen molar-refractivity contribution in [2.45, 2.75) is 51.4 Å². The first-order chi connectivity index (χ1) is 13.6. The van der Waals surface area contributed by atoms with Crippen LogP contribution in [-0.2, 0) is 0 Å². The third kappa shape index (κ3) is 2.64. The predicted molar refractivity (Wildman–Crippen MR) is 106 cm³/mol. The summed E-state index contributed by atoms with van der Waals surface area (Å²) >= 11 is 0. The van der Waals surface area contributed by atoms with E-state index >= 15 is 0 Å². The monoisotopic (exact) mass is 378 g/mol. The molecule has 1 saturated carbocycles. The van der Waals surface area contributed by atoms with Gasteiger partial charge in [0.25, 0.3) is 5.91 Å². The van der Waals surface area contributed by atoms with E-state index in [-0.39, 0.29) is 17.2 Å². The Balaban J connectivity index is 1.47. The molecule has 28 heavy (non-hydrogen) atoms. The zero-order valence-corrected chi connectivity index (χ0v) is 16.4. The van der Waals surface area contributed by atoms with Gasteiger partial charge in [-0.05, 0) is 24.3 Å². The molecule has 0 radical (unpaired) electrons. The van der Waals surface area contributed by atoms with E-state index in [9.17, 15) is 4.79 Å². The first-order valence-electron chi connectivity index (χ1n) is 10.2. The third-order valence-corrected chi connectivity index (χ3v) is 6.57. The van der Waals surface area contributed by atoms with E-state index in [0.717, 1.165) is 41.9 Å². The number of aromatic nitrogens is 5. The van der Waals surface area contributed by atoms with Crippen molar-refractivity contribution in [2.75, 3.05) is 13.1 Å². The number of para-hydroxylation sites is 1. The molecule has 3 aromatic rings. The van der Waals surface area contributed by atoms with E-state index in [0.29, 0.717) is 18.2 Å². The summed E-state index contributed by atoms with van der Waals surface area (Å²) in [7, 11) is 0. The molecule has 7 nitrogen and oxygen atoms in total. The average molecular weight is 378 g/mol. The lowest BCUT2D eigenvalue weighted by molar-refractivity contribution is 0.0769. The molecular formula is C21H26N6O. The van der Waals surface area contributed by atoms with Crippen molar-refractivity contribution >= 4 is 16.8 Å². The molecule has 1 aromatic carbocycles. The summed E-state index contributed by atoms with van der Waals surface area (Å²) in [6.07, 6.45) is 4.71. The van der Waals surface area contributed by atoms with Crippen LogP contribution in [0.25, 0.3) is 10.9 Å². The van der Waals surface area contributed by atoms with Gasteiger partial charge in [0.2, 0.25) is 0 Å². The molecule has 1 aliphatic heterocycles. The number of fused-ring (bicyclic) bond motifs is 1. The number of nitrogens with zero attached hydrogens (tertiary/aromatic N) is 4. The van der Waals surface area contributed by atoms with Crippen LogP contribution in [-0.4, -0.2) is 49.3 Å². The second-order valence-corrected chi connectivity index (χ2v) is 8.66. The van der Waals surface area contributed by atoms with Crippen LogP contribution in [0, 0.1) is 5.41 Å². The van der Waals surface area contributed by atoms with Crippen molar-refractivity contribution in [1.82, 2.24) is 30.3 Å². The number of nitrogens with one attached hydrogen (secondary N) is 2. The minimum absolute atomic E-state index is 0.00910. The second kappa shape index (κ2) is 6.43. The van der Waals surface area contributed by atoms with Crippen molar-refractivity contribution in [2.24, 2.45) is 5.41 Å². The van der Waals surface area contributed by atoms with Crippen molar-refractivity contribution in [3.8, 4) is 0 Å². The van der Waals surface area contributed by atoms with Gasteiger partial charge in [0.05, 0.1) is 5.52 Å². The highest BCUT2D eigenvalue weighted by Crippen LogP contribution is 2.53. The molecule has 1 amide bonds. The van der Waals surface area contributed by atoms with Crippen molar-refractivity contribution in [3.05, 3.63) is 41.6 Å². The number of carbonyl (C=O) groups excluding carboxylic acids is 1. The minimum atomic E-state index is 0.00910. The smallest absolute Gasteiger partial charge is 0.275 e. The molecule has 2 N–H and O–H groups in total. The fourth-order valence-electron chi connectivity index (χ4n) is 5.06. The van der Waals surface area contributed by atoms with Gasteiger partial charge in [0, 0.05) is 30.3 Å². The first kappa shape index (κ1) is 17.4. The normalized spacial score (nSPS) is 21.4. The van der Waals surface area contributed by atoms with E-state index in [4.69, 9.17) is 4.98 Å². The zero-order chi connectivity index (χ0) is 19.3. The maximum atomic E-state index is 13.3.